The van der Waals surface area contributed by atoms with E-state index in [4.69, 9.17) is 0 Å². The van der Waals surface area contributed by atoms with E-state index in [0.717, 1.165) is 12.0 Å². The van der Waals surface area contributed by atoms with Crippen LogP contribution in [0.2, 0.25) is 0 Å². The van der Waals surface area contributed by atoms with Gasteiger partial charge in [0.2, 0.25) is 5.91 Å². The number of likely N-dealkylation sites (N-methyl/N-ethyl adjacent to an activating group) is 1. The smallest absolute Gasteiger partial charge is 0.228 e. The quantitative estimate of drug-likeness (QED) is 0.871. The van der Waals surface area contributed by atoms with Crippen LogP contribution < -0.4 is 0 Å². The molecule has 3 heteroatoms. The number of carbonyl (C=O) groups excluding carboxylic acids is 1. The monoisotopic (exact) mass is 249 g/mol. The van der Waals surface area contributed by atoms with E-state index >= 15 is 0 Å². The van der Waals surface area contributed by atoms with Crippen LogP contribution in [-0.4, -0.2) is 29.6 Å². The van der Waals surface area contributed by atoms with E-state index in [1.807, 2.05) is 51.1 Å². The molecule has 100 valence electrons. The van der Waals surface area contributed by atoms with Crippen LogP contribution in [0.3, 0.4) is 0 Å². The summed E-state index contributed by atoms with van der Waals surface area (Å²) < 4.78 is 0. The second-order valence-electron chi connectivity index (χ2n) is 5.26. The van der Waals surface area contributed by atoms with Crippen LogP contribution in [0, 0.1) is 5.41 Å². The van der Waals surface area contributed by atoms with Gasteiger partial charge in [0.25, 0.3) is 0 Å². The Morgan fingerprint density at radius 3 is 2.33 bits per heavy atom. The number of aliphatic hydroxyl groups excluding tert-OH is 1. The highest BCUT2D eigenvalue weighted by Gasteiger charge is 2.32. The van der Waals surface area contributed by atoms with Crippen molar-refractivity contribution in [2.75, 3.05) is 13.7 Å². The molecule has 1 rings (SSSR count). The van der Waals surface area contributed by atoms with Crippen molar-refractivity contribution >= 4 is 5.91 Å². The van der Waals surface area contributed by atoms with E-state index in [1.165, 1.54) is 0 Å². The summed E-state index contributed by atoms with van der Waals surface area (Å²) in [5.74, 6) is 0.0629. The third kappa shape index (κ3) is 3.10. The molecule has 0 bridgehead atoms. The predicted molar refractivity (Wildman–Crippen MR) is 73.1 cm³/mol. The van der Waals surface area contributed by atoms with Crippen molar-refractivity contribution in [1.29, 1.82) is 0 Å². The van der Waals surface area contributed by atoms with Gasteiger partial charge in [-0.25, -0.2) is 0 Å². The summed E-state index contributed by atoms with van der Waals surface area (Å²) in [5.41, 5.74) is 0.569. The molecule has 1 aromatic carbocycles. The fraction of sp³-hybridized carbons (Fsp3) is 0.533. The number of rotatable bonds is 5. The van der Waals surface area contributed by atoms with Crippen LogP contribution in [0.15, 0.2) is 30.3 Å². The first-order chi connectivity index (χ1) is 8.44. The number of hydrogen-bond acceptors (Lipinski definition) is 2. The molecular weight excluding hydrogens is 226 g/mol. The van der Waals surface area contributed by atoms with Gasteiger partial charge in [0.05, 0.1) is 12.6 Å². The van der Waals surface area contributed by atoms with E-state index in [1.54, 1.807) is 11.9 Å². The number of carbonyl (C=O) groups is 1. The van der Waals surface area contributed by atoms with E-state index in [9.17, 15) is 9.90 Å². The Balaban J connectivity index is 2.94. The molecule has 0 aliphatic heterocycles. The van der Waals surface area contributed by atoms with Gasteiger partial charge < -0.3 is 10.0 Å². The average Bonchev–Trinajstić information content (AvgIpc) is 2.39. The van der Waals surface area contributed by atoms with Crippen molar-refractivity contribution in [2.24, 2.45) is 5.41 Å². The van der Waals surface area contributed by atoms with Crippen LogP contribution in [0.5, 0.6) is 0 Å². The molecule has 0 spiro atoms. The Kier molecular flexibility index (Phi) is 4.91. The second kappa shape index (κ2) is 6.01. The number of benzene rings is 1. The molecule has 0 radical (unpaired) electrons. The Morgan fingerprint density at radius 2 is 1.89 bits per heavy atom. The molecule has 0 aliphatic rings. The molecule has 0 aliphatic carbocycles. The van der Waals surface area contributed by atoms with E-state index in [-0.39, 0.29) is 18.6 Å². The van der Waals surface area contributed by atoms with Gasteiger partial charge >= 0.3 is 0 Å². The van der Waals surface area contributed by atoms with Crippen molar-refractivity contribution in [3.8, 4) is 0 Å². The molecule has 0 saturated heterocycles. The first-order valence-electron chi connectivity index (χ1n) is 6.37. The van der Waals surface area contributed by atoms with Gasteiger partial charge in [0.1, 0.15) is 0 Å². The van der Waals surface area contributed by atoms with Crippen LogP contribution in [-0.2, 0) is 4.79 Å². The highest BCUT2D eigenvalue weighted by atomic mass is 16.3. The Bertz CT molecular complexity index is 387. The van der Waals surface area contributed by atoms with E-state index in [2.05, 4.69) is 0 Å². The van der Waals surface area contributed by atoms with E-state index in [0.29, 0.717) is 0 Å². The zero-order chi connectivity index (χ0) is 13.8. The normalized spacial score (nSPS) is 13.2. The predicted octanol–water partition coefficient (Wildman–Crippen LogP) is 2.61. The van der Waals surface area contributed by atoms with Gasteiger partial charge in [-0.05, 0) is 12.0 Å². The largest absolute Gasteiger partial charge is 0.394 e. The van der Waals surface area contributed by atoms with Gasteiger partial charge in [-0.2, -0.15) is 0 Å². The molecule has 1 aromatic rings. The molecule has 1 amide bonds. The molecular formula is C15H23NO2. The fourth-order valence-electron chi connectivity index (χ4n) is 1.90. The Hall–Kier alpha value is -1.35. The minimum Gasteiger partial charge on any atom is -0.394 e. The van der Waals surface area contributed by atoms with Crippen molar-refractivity contribution in [1.82, 2.24) is 4.90 Å². The number of amides is 1. The average molecular weight is 249 g/mol. The SMILES string of the molecule is CCC(C)(C)C(=O)N(C)C(CO)c1ccccc1. The standard InChI is InChI=1S/C15H23NO2/c1-5-15(2,3)14(18)16(4)13(11-17)12-9-7-6-8-10-12/h6-10,13,17H,5,11H2,1-4H3. The summed E-state index contributed by atoms with van der Waals surface area (Å²) in [5, 5.41) is 9.54. The topological polar surface area (TPSA) is 40.5 Å². The summed E-state index contributed by atoms with van der Waals surface area (Å²) in [6, 6.07) is 9.36. The number of aliphatic hydroxyl groups is 1. The molecule has 18 heavy (non-hydrogen) atoms. The molecule has 0 heterocycles. The summed E-state index contributed by atoms with van der Waals surface area (Å²) in [4.78, 5) is 14.0. The summed E-state index contributed by atoms with van der Waals surface area (Å²) in [6.07, 6.45) is 0.781. The molecule has 0 saturated carbocycles. The van der Waals surface area contributed by atoms with Gasteiger partial charge in [-0.15, -0.1) is 0 Å². The zero-order valence-electron chi connectivity index (χ0n) is 11.7. The van der Waals surface area contributed by atoms with Crippen LogP contribution in [0.1, 0.15) is 38.8 Å². The minimum absolute atomic E-state index is 0.0629. The highest BCUT2D eigenvalue weighted by molar-refractivity contribution is 5.82. The van der Waals surface area contributed by atoms with Crippen LogP contribution >= 0.6 is 0 Å². The molecule has 1 N–H and O–H groups in total. The lowest BCUT2D eigenvalue weighted by Crippen LogP contribution is -2.41. The van der Waals surface area contributed by atoms with Gasteiger partial charge in [-0.3, -0.25) is 4.79 Å². The lowest BCUT2D eigenvalue weighted by Gasteiger charge is -2.33. The Morgan fingerprint density at radius 1 is 1.33 bits per heavy atom. The van der Waals surface area contributed by atoms with Gasteiger partial charge in [0.15, 0.2) is 0 Å². The maximum absolute atomic E-state index is 12.4. The van der Waals surface area contributed by atoms with Gasteiger partial charge in [-0.1, -0.05) is 51.1 Å². The lowest BCUT2D eigenvalue weighted by atomic mass is 9.88. The van der Waals surface area contributed by atoms with Crippen LogP contribution in [0.4, 0.5) is 0 Å². The fourth-order valence-corrected chi connectivity index (χ4v) is 1.90. The summed E-state index contributed by atoms with van der Waals surface area (Å²) >= 11 is 0. The Labute approximate surface area is 109 Å². The van der Waals surface area contributed by atoms with Gasteiger partial charge in [0, 0.05) is 12.5 Å². The third-order valence-electron chi connectivity index (χ3n) is 3.61. The van der Waals surface area contributed by atoms with Crippen LogP contribution in [0.25, 0.3) is 0 Å². The van der Waals surface area contributed by atoms with Crippen molar-refractivity contribution in [2.45, 2.75) is 33.2 Å². The molecule has 3 nitrogen and oxygen atoms in total. The summed E-state index contributed by atoms with van der Waals surface area (Å²) in [7, 11) is 1.76. The maximum atomic E-state index is 12.4. The highest BCUT2D eigenvalue weighted by Crippen LogP contribution is 2.27. The summed E-state index contributed by atoms with van der Waals surface area (Å²) in [6.45, 7) is 5.81. The third-order valence-corrected chi connectivity index (χ3v) is 3.61. The molecule has 1 atom stereocenters. The molecule has 0 fully saturated rings. The van der Waals surface area contributed by atoms with Crippen molar-refractivity contribution in [3.05, 3.63) is 35.9 Å². The van der Waals surface area contributed by atoms with Crippen molar-refractivity contribution < 1.29 is 9.90 Å². The number of hydrogen-bond donors (Lipinski definition) is 1. The lowest BCUT2D eigenvalue weighted by molar-refractivity contribution is -0.142. The second-order valence-corrected chi connectivity index (χ2v) is 5.26. The maximum Gasteiger partial charge on any atom is 0.228 e. The minimum atomic E-state index is -0.392. The zero-order valence-corrected chi connectivity index (χ0v) is 11.7. The van der Waals surface area contributed by atoms with Crippen molar-refractivity contribution in [3.63, 3.8) is 0 Å². The van der Waals surface area contributed by atoms with E-state index < -0.39 is 5.41 Å². The molecule has 0 aromatic heterocycles. The first-order valence-corrected chi connectivity index (χ1v) is 6.37. The molecule has 1 unspecified atom stereocenters. The first kappa shape index (κ1) is 14.7. The number of nitrogens with zero attached hydrogens (tertiary/aromatic N) is 1.